The summed E-state index contributed by atoms with van der Waals surface area (Å²) in [4.78, 5) is 23.8. The van der Waals surface area contributed by atoms with Gasteiger partial charge < -0.3 is 10.4 Å². The van der Waals surface area contributed by atoms with Crippen molar-refractivity contribution in [3.63, 3.8) is 0 Å². The molecule has 0 atom stereocenters. The van der Waals surface area contributed by atoms with E-state index in [-0.39, 0.29) is 30.4 Å². The number of nitrogens with zero attached hydrogens (tertiary/aromatic N) is 1. The van der Waals surface area contributed by atoms with E-state index >= 15 is 0 Å². The van der Waals surface area contributed by atoms with Crippen molar-refractivity contribution in [2.24, 2.45) is 5.10 Å². The molecular weight excluding hydrogens is 478 g/mol. The van der Waals surface area contributed by atoms with E-state index in [1.54, 1.807) is 12.1 Å². The molecule has 2 aromatic carbocycles. The fraction of sp³-hybridized carbons (Fsp3) is 0.211. The number of carbonyl (C=O) groups excluding carboxylic acids is 2. The van der Waals surface area contributed by atoms with Gasteiger partial charge in [-0.1, -0.05) is 6.07 Å². The summed E-state index contributed by atoms with van der Waals surface area (Å²) in [5, 5.41) is 16.3. The number of aryl methyl sites for hydroxylation is 2. The van der Waals surface area contributed by atoms with Gasteiger partial charge in [0.25, 0.3) is 0 Å². The summed E-state index contributed by atoms with van der Waals surface area (Å²) in [7, 11) is 0. The first-order valence-electron chi connectivity index (χ1n) is 8.13. The van der Waals surface area contributed by atoms with Gasteiger partial charge in [0.2, 0.25) is 11.8 Å². The topological polar surface area (TPSA) is 90.8 Å². The summed E-state index contributed by atoms with van der Waals surface area (Å²) < 4.78 is 1.01. The van der Waals surface area contributed by atoms with Gasteiger partial charge in [-0.25, -0.2) is 5.43 Å². The van der Waals surface area contributed by atoms with E-state index in [1.165, 1.54) is 6.21 Å². The number of rotatable bonds is 6. The Kier molecular flexibility index (Phi) is 7.55. The summed E-state index contributed by atoms with van der Waals surface area (Å²) in [6, 6.07) is 8.98. The second kappa shape index (κ2) is 9.66. The molecule has 3 N–H and O–H groups in total. The summed E-state index contributed by atoms with van der Waals surface area (Å²) >= 11 is 6.44. The normalized spacial score (nSPS) is 10.8. The number of carbonyl (C=O) groups is 2. The van der Waals surface area contributed by atoms with Gasteiger partial charge in [0, 0.05) is 18.5 Å². The third-order valence-electron chi connectivity index (χ3n) is 3.81. The molecule has 6 nitrogen and oxygen atoms in total. The number of benzene rings is 2. The maximum atomic E-state index is 12.0. The second-order valence-corrected chi connectivity index (χ2v) is 7.68. The molecule has 2 rings (SSSR count). The minimum Gasteiger partial charge on any atom is -0.506 e. The fourth-order valence-electron chi connectivity index (χ4n) is 2.16. The minimum absolute atomic E-state index is 0.0248. The van der Waals surface area contributed by atoms with Crippen molar-refractivity contribution in [3.05, 3.63) is 56.0 Å². The lowest BCUT2D eigenvalue weighted by molar-refractivity contribution is -0.124. The number of phenolic OH excluding ortho intramolecular Hbond substituents is 1. The van der Waals surface area contributed by atoms with Crippen LogP contribution in [0, 0.1) is 13.8 Å². The average molecular weight is 497 g/mol. The van der Waals surface area contributed by atoms with E-state index in [4.69, 9.17) is 0 Å². The van der Waals surface area contributed by atoms with Gasteiger partial charge in [0.05, 0.1) is 15.2 Å². The van der Waals surface area contributed by atoms with Crippen molar-refractivity contribution in [2.45, 2.75) is 26.7 Å². The quantitative estimate of drug-likeness (QED) is 0.408. The molecule has 0 bridgehead atoms. The molecule has 0 heterocycles. The molecule has 0 unspecified atom stereocenters. The SMILES string of the molecule is Cc1ccc(NC(=O)CCC(=O)N/N=C/c2cc(Br)c(O)c(Br)c2)cc1C. The molecule has 0 aliphatic rings. The Morgan fingerprint density at radius 2 is 1.67 bits per heavy atom. The van der Waals surface area contributed by atoms with E-state index in [2.05, 4.69) is 47.7 Å². The van der Waals surface area contributed by atoms with Crippen LogP contribution in [-0.2, 0) is 9.59 Å². The molecule has 0 saturated heterocycles. The highest BCUT2D eigenvalue weighted by Gasteiger charge is 2.08. The summed E-state index contributed by atoms with van der Waals surface area (Å²) in [5.41, 5.74) is 6.01. The van der Waals surface area contributed by atoms with E-state index < -0.39 is 0 Å². The van der Waals surface area contributed by atoms with Crippen molar-refractivity contribution in [3.8, 4) is 5.75 Å². The lowest BCUT2D eigenvalue weighted by Crippen LogP contribution is -2.20. The van der Waals surface area contributed by atoms with Gasteiger partial charge in [0.1, 0.15) is 5.75 Å². The number of anilines is 1. The Morgan fingerprint density at radius 3 is 2.30 bits per heavy atom. The Bertz CT molecular complexity index is 875. The molecule has 0 aliphatic carbocycles. The number of amides is 2. The van der Waals surface area contributed by atoms with Crippen LogP contribution in [0.25, 0.3) is 0 Å². The Hall–Kier alpha value is -2.19. The molecule has 0 aliphatic heterocycles. The molecule has 2 aromatic rings. The van der Waals surface area contributed by atoms with Crippen LogP contribution in [-0.4, -0.2) is 23.1 Å². The first kappa shape index (κ1) is 21.1. The second-order valence-electron chi connectivity index (χ2n) is 5.97. The number of hydrogen-bond donors (Lipinski definition) is 3. The molecule has 0 aromatic heterocycles. The number of aromatic hydroxyl groups is 1. The molecule has 27 heavy (non-hydrogen) atoms. The lowest BCUT2D eigenvalue weighted by atomic mass is 10.1. The average Bonchev–Trinajstić information content (AvgIpc) is 2.61. The van der Waals surface area contributed by atoms with Crippen molar-refractivity contribution in [1.29, 1.82) is 0 Å². The monoisotopic (exact) mass is 495 g/mol. The third kappa shape index (κ3) is 6.48. The summed E-state index contributed by atoms with van der Waals surface area (Å²) in [5.74, 6) is -0.506. The highest BCUT2D eigenvalue weighted by atomic mass is 79.9. The van der Waals surface area contributed by atoms with Crippen LogP contribution in [0.3, 0.4) is 0 Å². The van der Waals surface area contributed by atoms with Crippen LogP contribution in [0.4, 0.5) is 5.69 Å². The zero-order valence-electron chi connectivity index (χ0n) is 14.8. The maximum absolute atomic E-state index is 12.0. The minimum atomic E-state index is -0.363. The van der Waals surface area contributed by atoms with E-state index in [0.717, 1.165) is 11.1 Å². The van der Waals surface area contributed by atoms with Crippen molar-refractivity contribution in [2.75, 3.05) is 5.32 Å². The highest BCUT2D eigenvalue weighted by molar-refractivity contribution is 9.11. The number of hydrazone groups is 1. The van der Waals surface area contributed by atoms with Crippen LogP contribution in [0.15, 0.2) is 44.4 Å². The fourth-order valence-corrected chi connectivity index (χ4v) is 3.39. The standard InChI is InChI=1S/C19H19Br2N3O3/c1-11-3-4-14(7-12(11)2)23-17(25)5-6-18(26)24-22-10-13-8-15(20)19(27)16(21)9-13/h3-4,7-10,27H,5-6H2,1-2H3,(H,23,25)(H,24,26)/b22-10+. The molecule has 0 saturated carbocycles. The van der Waals surface area contributed by atoms with Crippen LogP contribution in [0.1, 0.15) is 29.5 Å². The van der Waals surface area contributed by atoms with E-state index in [0.29, 0.717) is 20.2 Å². The predicted octanol–water partition coefficient (Wildman–Crippen LogP) is 4.40. The number of phenols is 1. The summed E-state index contributed by atoms with van der Waals surface area (Å²) in [6.45, 7) is 3.98. The van der Waals surface area contributed by atoms with Crippen LogP contribution >= 0.6 is 31.9 Å². The maximum Gasteiger partial charge on any atom is 0.240 e. The number of halogens is 2. The van der Waals surface area contributed by atoms with Crippen molar-refractivity contribution < 1.29 is 14.7 Å². The molecule has 0 spiro atoms. The van der Waals surface area contributed by atoms with Gasteiger partial charge in [0.15, 0.2) is 0 Å². The van der Waals surface area contributed by atoms with Gasteiger partial charge in [-0.3, -0.25) is 9.59 Å². The highest BCUT2D eigenvalue weighted by Crippen LogP contribution is 2.32. The first-order valence-corrected chi connectivity index (χ1v) is 9.72. The molecular formula is C19H19Br2N3O3. The first-order chi connectivity index (χ1) is 12.8. The number of nitrogens with one attached hydrogen (secondary N) is 2. The zero-order chi connectivity index (χ0) is 20.0. The summed E-state index contributed by atoms with van der Waals surface area (Å²) in [6.07, 6.45) is 1.53. The molecule has 0 fully saturated rings. The van der Waals surface area contributed by atoms with Crippen LogP contribution in [0.2, 0.25) is 0 Å². The molecule has 142 valence electrons. The Balaban J connectivity index is 1.80. The van der Waals surface area contributed by atoms with Gasteiger partial charge in [-0.05, 0) is 86.7 Å². The largest absolute Gasteiger partial charge is 0.506 e. The molecule has 2 amide bonds. The van der Waals surface area contributed by atoms with E-state index in [1.807, 2.05) is 32.0 Å². The van der Waals surface area contributed by atoms with E-state index in [9.17, 15) is 14.7 Å². The molecule has 0 radical (unpaired) electrons. The lowest BCUT2D eigenvalue weighted by Gasteiger charge is -2.07. The zero-order valence-corrected chi connectivity index (χ0v) is 18.0. The van der Waals surface area contributed by atoms with Crippen molar-refractivity contribution in [1.82, 2.24) is 5.43 Å². The van der Waals surface area contributed by atoms with Gasteiger partial charge >= 0.3 is 0 Å². The van der Waals surface area contributed by atoms with Crippen LogP contribution < -0.4 is 10.7 Å². The molecule has 8 heteroatoms. The third-order valence-corrected chi connectivity index (χ3v) is 5.02. The smallest absolute Gasteiger partial charge is 0.240 e. The van der Waals surface area contributed by atoms with Gasteiger partial charge in [-0.15, -0.1) is 0 Å². The van der Waals surface area contributed by atoms with Crippen LogP contribution in [0.5, 0.6) is 5.75 Å². The predicted molar refractivity (Wildman–Crippen MR) is 113 cm³/mol. The van der Waals surface area contributed by atoms with Gasteiger partial charge in [-0.2, -0.15) is 5.10 Å². The van der Waals surface area contributed by atoms with Crippen molar-refractivity contribution >= 4 is 55.6 Å². The number of hydrogen-bond acceptors (Lipinski definition) is 4. The Labute approximate surface area is 174 Å². The Morgan fingerprint density at radius 1 is 1.04 bits per heavy atom.